The van der Waals surface area contributed by atoms with Gasteiger partial charge in [0.2, 0.25) is 5.88 Å². The summed E-state index contributed by atoms with van der Waals surface area (Å²) in [5.41, 5.74) is 0.637. The molecular weight excluding hydrogens is 338 g/mol. The first-order valence-electron chi connectivity index (χ1n) is 7.92. The molecule has 1 aromatic carbocycles. The fraction of sp³-hybridized carbons (Fsp3) is 0.222. The number of aromatic nitrogens is 2. The van der Waals surface area contributed by atoms with Crippen LogP contribution in [0.25, 0.3) is 11.0 Å². The fourth-order valence-corrected chi connectivity index (χ4v) is 2.37. The maximum absolute atomic E-state index is 12.0. The molecule has 0 unspecified atom stereocenters. The van der Waals surface area contributed by atoms with Gasteiger partial charge in [-0.05, 0) is 32.0 Å². The number of carboxylic acids is 1. The number of aromatic carboxylic acids is 1. The normalized spacial score (nSPS) is 10.7. The molecular formula is C18H17N3O5. The molecule has 2 heterocycles. The Hall–Kier alpha value is -3.42. The van der Waals surface area contributed by atoms with Gasteiger partial charge in [-0.15, -0.1) is 0 Å². The second-order valence-electron chi connectivity index (χ2n) is 5.71. The van der Waals surface area contributed by atoms with Crippen molar-refractivity contribution in [2.45, 2.75) is 13.8 Å². The molecule has 8 nitrogen and oxygen atoms in total. The van der Waals surface area contributed by atoms with E-state index in [1.807, 2.05) is 6.92 Å². The van der Waals surface area contributed by atoms with E-state index in [-0.39, 0.29) is 28.8 Å². The van der Waals surface area contributed by atoms with Gasteiger partial charge >= 0.3 is 5.97 Å². The first-order valence-corrected chi connectivity index (χ1v) is 7.92. The lowest BCUT2D eigenvalue weighted by molar-refractivity contribution is 0.0695. The van der Waals surface area contributed by atoms with Gasteiger partial charge in [0.25, 0.3) is 5.91 Å². The van der Waals surface area contributed by atoms with Gasteiger partial charge in [-0.2, -0.15) is 0 Å². The zero-order chi connectivity index (χ0) is 18.8. The monoisotopic (exact) mass is 355 g/mol. The van der Waals surface area contributed by atoms with E-state index >= 15 is 0 Å². The molecule has 134 valence electrons. The zero-order valence-electron chi connectivity index (χ0n) is 14.5. The molecule has 0 atom stereocenters. The van der Waals surface area contributed by atoms with Crippen LogP contribution in [0.15, 0.2) is 35.0 Å². The third-order valence-electron chi connectivity index (χ3n) is 3.85. The van der Waals surface area contributed by atoms with E-state index in [0.717, 1.165) is 0 Å². The van der Waals surface area contributed by atoms with Gasteiger partial charge in [0.15, 0.2) is 0 Å². The molecule has 2 aromatic heterocycles. The minimum Gasteiger partial charge on any atom is -0.478 e. The molecule has 0 fully saturated rings. The third-order valence-corrected chi connectivity index (χ3v) is 3.85. The Morgan fingerprint density at radius 1 is 1.23 bits per heavy atom. The van der Waals surface area contributed by atoms with E-state index in [4.69, 9.17) is 9.15 Å². The molecule has 0 radical (unpaired) electrons. The van der Waals surface area contributed by atoms with Gasteiger partial charge in [0.05, 0.1) is 23.3 Å². The number of benzene rings is 1. The standard InChI is InChI=1S/C18H17N3O5/c1-4-21(3)17(22)13-8-20-16(9-19-13)26-15-7-11(18(23)24)6-14-12(15)5-10(2)25-14/h5-9H,4H2,1-3H3,(H,23,24). The molecule has 0 aliphatic carbocycles. The molecule has 0 aliphatic heterocycles. The number of nitrogens with zero attached hydrogens (tertiary/aromatic N) is 3. The van der Waals surface area contributed by atoms with Crippen molar-refractivity contribution in [2.24, 2.45) is 0 Å². The van der Waals surface area contributed by atoms with Crippen molar-refractivity contribution in [3.05, 3.63) is 47.6 Å². The van der Waals surface area contributed by atoms with Gasteiger partial charge in [-0.25, -0.2) is 14.8 Å². The summed E-state index contributed by atoms with van der Waals surface area (Å²) in [4.78, 5) is 33.0. The Morgan fingerprint density at radius 3 is 2.62 bits per heavy atom. The van der Waals surface area contributed by atoms with Crippen LogP contribution in [-0.4, -0.2) is 45.4 Å². The summed E-state index contributed by atoms with van der Waals surface area (Å²) in [5.74, 6) is -0.283. The van der Waals surface area contributed by atoms with Crippen molar-refractivity contribution < 1.29 is 23.8 Å². The minimum atomic E-state index is -1.10. The Morgan fingerprint density at radius 2 is 2.00 bits per heavy atom. The molecule has 1 amide bonds. The maximum atomic E-state index is 12.0. The van der Waals surface area contributed by atoms with Crippen molar-refractivity contribution in [1.82, 2.24) is 14.9 Å². The van der Waals surface area contributed by atoms with Gasteiger partial charge in [0, 0.05) is 13.6 Å². The lowest BCUT2D eigenvalue weighted by Crippen LogP contribution is -2.27. The van der Waals surface area contributed by atoms with Crippen LogP contribution in [-0.2, 0) is 0 Å². The number of carboxylic acid groups (broad SMARTS) is 1. The number of fused-ring (bicyclic) bond motifs is 1. The predicted octanol–water partition coefficient (Wildman–Crippen LogP) is 3.11. The topological polar surface area (TPSA) is 106 Å². The van der Waals surface area contributed by atoms with E-state index in [9.17, 15) is 14.7 Å². The van der Waals surface area contributed by atoms with Gasteiger partial charge in [-0.3, -0.25) is 4.79 Å². The summed E-state index contributed by atoms with van der Waals surface area (Å²) >= 11 is 0. The van der Waals surface area contributed by atoms with E-state index < -0.39 is 5.97 Å². The number of carbonyl (C=O) groups excluding carboxylic acids is 1. The van der Waals surface area contributed by atoms with E-state index in [2.05, 4.69) is 9.97 Å². The molecule has 0 bridgehead atoms. The molecule has 0 saturated heterocycles. The largest absolute Gasteiger partial charge is 0.478 e. The van der Waals surface area contributed by atoms with Gasteiger partial charge in [0.1, 0.15) is 22.8 Å². The Bertz CT molecular complexity index is 978. The smallest absolute Gasteiger partial charge is 0.335 e. The summed E-state index contributed by atoms with van der Waals surface area (Å²) in [5, 5.41) is 9.87. The number of hydrogen-bond donors (Lipinski definition) is 1. The predicted molar refractivity (Wildman–Crippen MR) is 92.7 cm³/mol. The highest BCUT2D eigenvalue weighted by molar-refractivity contribution is 5.96. The minimum absolute atomic E-state index is 0.0335. The van der Waals surface area contributed by atoms with Gasteiger partial charge in [-0.1, -0.05) is 0 Å². The first kappa shape index (κ1) is 17.4. The molecule has 3 aromatic rings. The molecule has 3 rings (SSSR count). The highest BCUT2D eigenvalue weighted by Gasteiger charge is 2.16. The van der Waals surface area contributed by atoms with E-state index in [0.29, 0.717) is 23.3 Å². The Balaban J connectivity index is 1.93. The number of amides is 1. The molecule has 8 heteroatoms. The number of hydrogen-bond acceptors (Lipinski definition) is 6. The van der Waals surface area contributed by atoms with Crippen LogP contribution in [0.1, 0.15) is 33.5 Å². The zero-order valence-corrected chi connectivity index (χ0v) is 14.5. The van der Waals surface area contributed by atoms with Crippen molar-refractivity contribution in [3.63, 3.8) is 0 Å². The summed E-state index contributed by atoms with van der Waals surface area (Å²) in [6.07, 6.45) is 2.64. The summed E-state index contributed by atoms with van der Waals surface area (Å²) in [7, 11) is 1.67. The van der Waals surface area contributed by atoms with E-state index in [1.165, 1.54) is 29.4 Å². The number of furan rings is 1. The van der Waals surface area contributed by atoms with Crippen LogP contribution < -0.4 is 4.74 Å². The van der Waals surface area contributed by atoms with Crippen LogP contribution in [0.2, 0.25) is 0 Å². The number of carbonyl (C=O) groups is 2. The van der Waals surface area contributed by atoms with Crippen molar-refractivity contribution >= 4 is 22.8 Å². The quantitative estimate of drug-likeness (QED) is 0.749. The lowest BCUT2D eigenvalue weighted by Gasteiger charge is -2.13. The number of ether oxygens (including phenoxy) is 1. The van der Waals surface area contributed by atoms with Crippen LogP contribution in [0.4, 0.5) is 0 Å². The molecule has 26 heavy (non-hydrogen) atoms. The van der Waals surface area contributed by atoms with E-state index in [1.54, 1.807) is 20.0 Å². The third kappa shape index (κ3) is 3.34. The van der Waals surface area contributed by atoms with Crippen molar-refractivity contribution in [2.75, 3.05) is 13.6 Å². The second-order valence-corrected chi connectivity index (χ2v) is 5.71. The van der Waals surface area contributed by atoms with Crippen LogP contribution in [0.5, 0.6) is 11.6 Å². The summed E-state index contributed by atoms with van der Waals surface area (Å²) < 4.78 is 11.2. The highest BCUT2D eigenvalue weighted by Crippen LogP contribution is 2.33. The molecule has 0 aliphatic rings. The molecule has 0 saturated carbocycles. The average Bonchev–Trinajstić information content (AvgIpc) is 3.01. The second kappa shape index (κ2) is 6.83. The van der Waals surface area contributed by atoms with Gasteiger partial charge < -0.3 is 19.2 Å². The maximum Gasteiger partial charge on any atom is 0.335 e. The lowest BCUT2D eigenvalue weighted by atomic mass is 10.1. The molecule has 1 N–H and O–H groups in total. The molecule has 0 spiro atoms. The fourth-order valence-electron chi connectivity index (χ4n) is 2.37. The summed E-state index contributed by atoms with van der Waals surface area (Å²) in [6, 6.07) is 4.58. The van der Waals surface area contributed by atoms with Crippen LogP contribution in [0, 0.1) is 6.92 Å². The Kier molecular flexibility index (Phi) is 4.57. The first-order chi connectivity index (χ1) is 12.4. The SMILES string of the molecule is CCN(C)C(=O)c1cnc(Oc2cc(C(=O)O)cc3oc(C)cc23)cn1. The van der Waals surface area contributed by atoms with Crippen LogP contribution in [0.3, 0.4) is 0 Å². The van der Waals surface area contributed by atoms with Crippen molar-refractivity contribution in [1.29, 1.82) is 0 Å². The number of aryl methyl sites for hydroxylation is 1. The highest BCUT2D eigenvalue weighted by atomic mass is 16.5. The summed E-state index contributed by atoms with van der Waals surface area (Å²) in [6.45, 7) is 4.17. The van der Waals surface area contributed by atoms with Crippen LogP contribution >= 0.6 is 0 Å². The Labute approximate surface area is 149 Å². The number of rotatable bonds is 5. The average molecular weight is 355 g/mol. The van der Waals surface area contributed by atoms with Crippen molar-refractivity contribution in [3.8, 4) is 11.6 Å².